The molecule has 0 aliphatic heterocycles. The van der Waals surface area contributed by atoms with E-state index < -0.39 is 0 Å². The molecule has 0 atom stereocenters. The van der Waals surface area contributed by atoms with Crippen LogP contribution in [0.4, 0.5) is 0 Å². The Morgan fingerprint density at radius 2 is 2.12 bits per heavy atom. The molecular formula is C18H24N4O2S. The quantitative estimate of drug-likeness (QED) is 0.776. The van der Waals surface area contributed by atoms with Gasteiger partial charge in [0.1, 0.15) is 11.6 Å². The Morgan fingerprint density at radius 3 is 2.84 bits per heavy atom. The SMILES string of the molecule is Cn1c(CCNC(=O)c2ccccc2OC2CCCCC2)n[nH]c1=S. The number of nitrogens with one attached hydrogen (secondary N) is 2. The molecule has 25 heavy (non-hydrogen) atoms. The lowest BCUT2D eigenvalue weighted by Crippen LogP contribution is -2.28. The lowest BCUT2D eigenvalue weighted by Gasteiger charge is -2.24. The second-order valence-corrected chi connectivity index (χ2v) is 6.77. The minimum atomic E-state index is -0.122. The Labute approximate surface area is 152 Å². The number of aromatic amines is 1. The van der Waals surface area contributed by atoms with Crippen molar-refractivity contribution in [3.8, 4) is 5.75 Å². The number of rotatable bonds is 6. The number of carbonyl (C=O) groups is 1. The second-order valence-electron chi connectivity index (χ2n) is 6.38. The highest BCUT2D eigenvalue weighted by atomic mass is 32.1. The van der Waals surface area contributed by atoms with Crippen LogP contribution in [0.15, 0.2) is 24.3 Å². The van der Waals surface area contributed by atoms with Gasteiger partial charge in [-0.1, -0.05) is 18.6 Å². The van der Waals surface area contributed by atoms with E-state index in [9.17, 15) is 4.79 Å². The van der Waals surface area contributed by atoms with E-state index in [1.807, 2.05) is 35.9 Å². The fourth-order valence-corrected chi connectivity index (χ4v) is 3.26. The van der Waals surface area contributed by atoms with Crippen molar-refractivity contribution in [1.82, 2.24) is 20.1 Å². The fraction of sp³-hybridized carbons (Fsp3) is 0.500. The molecule has 1 aliphatic rings. The predicted molar refractivity (Wildman–Crippen MR) is 98.4 cm³/mol. The first-order valence-electron chi connectivity index (χ1n) is 8.79. The van der Waals surface area contributed by atoms with Crippen LogP contribution < -0.4 is 10.1 Å². The standard InChI is InChI=1S/C18H24N4O2S/c1-22-16(20-21-18(22)25)11-12-19-17(23)14-9-5-6-10-15(14)24-13-7-3-2-4-8-13/h5-6,9-10,13H,2-4,7-8,11-12H2,1H3,(H,19,23)(H,21,25). The highest BCUT2D eigenvalue weighted by Crippen LogP contribution is 2.25. The topological polar surface area (TPSA) is 71.9 Å². The van der Waals surface area contributed by atoms with Gasteiger partial charge in [0.25, 0.3) is 5.91 Å². The Kier molecular flexibility index (Phi) is 5.86. The molecule has 7 heteroatoms. The van der Waals surface area contributed by atoms with Gasteiger partial charge in [0.05, 0.1) is 11.7 Å². The number of amides is 1. The van der Waals surface area contributed by atoms with Crippen LogP contribution >= 0.6 is 12.2 Å². The van der Waals surface area contributed by atoms with Gasteiger partial charge in [0.15, 0.2) is 4.77 Å². The molecule has 1 aliphatic carbocycles. The molecule has 2 N–H and O–H groups in total. The Balaban J connectivity index is 1.59. The summed E-state index contributed by atoms with van der Waals surface area (Å²) in [6, 6.07) is 7.45. The number of carbonyl (C=O) groups excluding carboxylic acids is 1. The van der Waals surface area contributed by atoms with Crippen LogP contribution in [0.2, 0.25) is 0 Å². The van der Waals surface area contributed by atoms with Crippen molar-refractivity contribution in [2.75, 3.05) is 6.54 Å². The normalized spacial score (nSPS) is 15.1. The Hall–Kier alpha value is -2.15. The number of hydrogen-bond acceptors (Lipinski definition) is 4. The molecule has 3 rings (SSSR count). The van der Waals surface area contributed by atoms with Crippen LogP contribution in [-0.2, 0) is 13.5 Å². The summed E-state index contributed by atoms with van der Waals surface area (Å²) in [4.78, 5) is 12.5. The first-order valence-corrected chi connectivity index (χ1v) is 9.20. The summed E-state index contributed by atoms with van der Waals surface area (Å²) >= 11 is 5.09. The van der Waals surface area contributed by atoms with E-state index in [0.29, 0.717) is 29.0 Å². The molecule has 1 heterocycles. The lowest BCUT2D eigenvalue weighted by molar-refractivity contribution is 0.0942. The summed E-state index contributed by atoms with van der Waals surface area (Å²) in [6.45, 7) is 0.490. The van der Waals surface area contributed by atoms with E-state index >= 15 is 0 Å². The zero-order chi connectivity index (χ0) is 17.6. The average molecular weight is 360 g/mol. The van der Waals surface area contributed by atoms with Gasteiger partial charge in [-0.3, -0.25) is 9.89 Å². The average Bonchev–Trinajstić information content (AvgIpc) is 2.95. The van der Waals surface area contributed by atoms with Crippen LogP contribution in [0.5, 0.6) is 5.75 Å². The van der Waals surface area contributed by atoms with E-state index in [-0.39, 0.29) is 12.0 Å². The molecule has 2 aromatic rings. The molecule has 0 bridgehead atoms. The number of benzene rings is 1. The molecule has 1 fully saturated rings. The van der Waals surface area contributed by atoms with Crippen molar-refractivity contribution in [2.45, 2.75) is 44.6 Å². The van der Waals surface area contributed by atoms with Gasteiger partial charge in [-0.25, -0.2) is 0 Å². The number of ether oxygens (including phenoxy) is 1. The van der Waals surface area contributed by atoms with Gasteiger partial charge >= 0.3 is 0 Å². The molecule has 1 saturated carbocycles. The van der Waals surface area contributed by atoms with E-state index in [2.05, 4.69) is 15.5 Å². The van der Waals surface area contributed by atoms with E-state index in [1.54, 1.807) is 0 Å². The van der Waals surface area contributed by atoms with E-state index in [0.717, 1.165) is 18.7 Å². The summed E-state index contributed by atoms with van der Waals surface area (Å²) < 4.78 is 8.48. The minimum Gasteiger partial charge on any atom is -0.490 e. The highest BCUT2D eigenvalue weighted by molar-refractivity contribution is 7.71. The van der Waals surface area contributed by atoms with Crippen LogP contribution in [0.3, 0.4) is 0 Å². The first kappa shape index (κ1) is 17.7. The molecule has 0 radical (unpaired) electrons. The smallest absolute Gasteiger partial charge is 0.255 e. The van der Waals surface area contributed by atoms with Crippen molar-refractivity contribution in [3.63, 3.8) is 0 Å². The summed E-state index contributed by atoms with van der Waals surface area (Å²) in [7, 11) is 1.86. The third kappa shape index (κ3) is 4.48. The number of para-hydroxylation sites is 1. The van der Waals surface area contributed by atoms with Gasteiger partial charge in [0, 0.05) is 20.0 Å². The van der Waals surface area contributed by atoms with Crippen LogP contribution in [0, 0.1) is 4.77 Å². The van der Waals surface area contributed by atoms with E-state index in [1.165, 1.54) is 19.3 Å². The maximum atomic E-state index is 12.5. The summed E-state index contributed by atoms with van der Waals surface area (Å²) in [5, 5.41) is 9.84. The predicted octanol–water partition coefficient (Wildman–Crippen LogP) is 3.16. The lowest BCUT2D eigenvalue weighted by atomic mass is 9.97. The van der Waals surface area contributed by atoms with Crippen molar-refractivity contribution in [1.29, 1.82) is 0 Å². The van der Waals surface area contributed by atoms with Crippen LogP contribution in [-0.4, -0.2) is 33.3 Å². The fourth-order valence-electron chi connectivity index (χ4n) is 3.11. The largest absolute Gasteiger partial charge is 0.490 e. The minimum absolute atomic E-state index is 0.122. The number of H-pyrrole nitrogens is 1. The maximum absolute atomic E-state index is 12.5. The van der Waals surface area contributed by atoms with Gasteiger partial charge in [-0.15, -0.1) is 0 Å². The monoisotopic (exact) mass is 360 g/mol. The van der Waals surface area contributed by atoms with Gasteiger partial charge in [0.2, 0.25) is 0 Å². The second kappa shape index (κ2) is 8.29. The van der Waals surface area contributed by atoms with Crippen molar-refractivity contribution in [3.05, 3.63) is 40.4 Å². The first-order chi connectivity index (χ1) is 12.1. The third-order valence-electron chi connectivity index (χ3n) is 4.58. The molecular weight excluding hydrogens is 336 g/mol. The van der Waals surface area contributed by atoms with Crippen molar-refractivity contribution < 1.29 is 9.53 Å². The third-order valence-corrected chi connectivity index (χ3v) is 4.95. The van der Waals surface area contributed by atoms with Crippen LogP contribution in [0.25, 0.3) is 0 Å². The van der Waals surface area contributed by atoms with Crippen LogP contribution in [0.1, 0.15) is 48.3 Å². The molecule has 0 spiro atoms. The molecule has 134 valence electrons. The summed E-state index contributed by atoms with van der Waals surface area (Å²) in [5.41, 5.74) is 0.587. The summed E-state index contributed by atoms with van der Waals surface area (Å²) in [6.07, 6.45) is 6.63. The zero-order valence-electron chi connectivity index (χ0n) is 14.5. The zero-order valence-corrected chi connectivity index (χ0v) is 15.3. The molecule has 1 amide bonds. The summed E-state index contributed by atoms with van der Waals surface area (Å²) in [5.74, 6) is 1.37. The van der Waals surface area contributed by atoms with Gasteiger partial charge < -0.3 is 14.6 Å². The Bertz CT molecular complexity index is 777. The van der Waals surface area contributed by atoms with E-state index in [4.69, 9.17) is 17.0 Å². The molecule has 1 aromatic carbocycles. The number of nitrogens with zero attached hydrogens (tertiary/aromatic N) is 2. The molecule has 0 unspecified atom stereocenters. The molecule has 1 aromatic heterocycles. The molecule has 6 nitrogen and oxygen atoms in total. The molecule has 0 saturated heterocycles. The van der Waals surface area contributed by atoms with Crippen molar-refractivity contribution >= 4 is 18.1 Å². The van der Waals surface area contributed by atoms with Gasteiger partial charge in [-0.05, 0) is 50.0 Å². The highest BCUT2D eigenvalue weighted by Gasteiger charge is 2.18. The Morgan fingerprint density at radius 1 is 1.36 bits per heavy atom. The number of aromatic nitrogens is 3. The van der Waals surface area contributed by atoms with Crippen molar-refractivity contribution in [2.24, 2.45) is 7.05 Å². The van der Waals surface area contributed by atoms with Gasteiger partial charge in [-0.2, -0.15) is 5.10 Å². The maximum Gasteiger partial charge on any atom is 0.255 e. The number of hydrogen-bond donors (Lipinski definition) is 2.